The molecule has 1 fully saturated rings. The fourth-order valence-electron chi connectivity index (χ4n) is 3.32. The lowest BCUT2D eigenvalue weighted by Crippen LogP contribution is -2.63. The number of hydrogen-bond acceptors (Lipinski definition) is 6. The van der Waals surface area contributed by atoms with Crippen molar-refractivity contribution in [1.82, 2.24) is 15.3 Å². The zero-order chi connectivity index (χ0) is 18.1. The molecule has 1 saturated heterocycles. The highest BCUT2D eigenvalue weighted by Gasteiger charge is 2.45. The molecular weight excluding hydrogens is 324 g/mol. The molecule has 3 amide bonds. The van der Waals surface area contributed by atoms with Crippen molar-refractivity contribution in [2.75, 3.05) is 13.1 Å². The number of hydrogen-bond donors (Lipinski definition) is 2. The average molecular weight is 344 g/mol. The van der Waals surface area contributed by atoms with Crippen LogP contribution in [0.3, 0.4) is 0 Å². The highest BCUT2D eigenvalue weighted by molar-refractivity contribution is 6.22. The molecular formula is C17H20N4O4. The van der Waals surface area contributed by atoms with Crippen LogP contribution in [-0.2, 0) is 9.59 Å². The third kappa shape index (κ3) is 2.83. The molecule has 0 spiro atoms. The largest absolute Gasteiger partial charge is 0.328 e. The van der Waals surface area contributed by atoms with Gasteiger partial charge < -0.3 is 5.73 Å². The summed E-state index contributed by atoms with van der Waals surface area (Å²) in [6, 6.07) is 4.64. The van der Waals surface area contributed by atoms with Gasteiger partial charge in [0.25, 0.3) is 17.7 Å². The highest BCUT2D eigenvalue weighted by atomic mass is 16.2. The number of ketones is 1. The second-order valence-electron chi connectivity index (χ2n) is 6.16. The molecule has 2 atom stereocenters. The molecule has 8 nitrogen and oxygen atoms in total. The van der Waals surface area contributed by atoms with Gasteiger partial charge in [-0.15, -0.1) is 0 Å². The van der Waals surface area contributed by atoms with E-state index in [9.17, 15) is 19.2 Å². The van der Waals surface area contributed by atoms with E-state index in [1.165, 1.54) is 11.9 Å². The fourth-order valence-corrected chi connectivity index (χ4v) is 3.32. The normalized spacial score (nSPS) is 21.3. The molecule has 0 aliphatic carbocycles. The predicted molar refractivity (Wildman–Crippen MR) is 88.3 cm³/mol. The van der Waals surface area contributed by atoms with Crippen LogP contribution >= 0.6 is 0 Å². The van der Waals surface area contributed by atoms with Crippen LogP contribution in [0.25, 0.3) is 0 Å². The number of nitrogens with two attached hydrogens (primary N) is 1. The number of carbonyl (C=O) groups excluding carboxylic acids is 4. The van der Waals surface area contributed by atoms with E-state index in [0.717, 1.165) is 11.3 Å². The SMILES string of the molecule is CC(=O)[C@@H]1CCCNN1C(=O)[C@H](CN)N1C(=O)c2ccccc2C1=O. The van der Waals surface area contributed by atoms with Crippen molar-refractivity contribution in [3.63, 3.8) is 0 Å². The van der Waals surface area contributed by atoms with Crippen LogP contribution in [-0.4, -0.2) is 58.6 Å². The van der Waals surface area contributed by atoms with Crippen LogP contribution in [0.5, 0.6) is 0 Å². The van der Waals surface area contributed by atoms with Crippen LogP contribution in [0.4, 0.5) is 0 Å². The molecule has 1 aromatic carbocycles. The van der Waals surface area contributed by atoms with Crippen LogP contribution in [0, 0.1) is 0 Å². The Kier molecular flexibility index (Phi) is 4.65. The average Bonchev–Trinajstić information content (AvgIpc) is 2.88. The Bertz CT molecular complexity index is 713. The maximum absolute atomic E-state index is 13.0. The van der Waals surface area contributed by atoms with Crippen molar-refractivity contribution in [3.05, 3.63) is 35.4 Å². The molecule has 0 bridgehead atoms. The molecule has 8 heteroatoms. The summed E-state index contributed by atoms with van der Waals surface area (Å²) in [6.45, 7) is 1.74. The van der Waals surface area contributed by atoms with E-state index in [1.54, 1.807) is 24.3 Å². The van der Waals surface area contributed by atoms with Gasteiger partial charge in [-0.2, -0.15) is 0 Å². The summed E-state index contributed by atoms with van der Waals surface area (Å²) in [5, 5.41) is 1.23. The van der Waals surface area contributed by atoms with Gasteiger partial charge in [0.05, 0.1) is 11.1 Å². The number of rotatable bonds is 4. The third-order valence-electron chi connectivity index (χ3n) is 4.60. The first kappa shape index (κ1) is 17.2. The van der Waals surface area contributed by atoms with E-state index >= 15 is 0 Å². The summed E-state index contributed by atoms with van der Waals surface area (Å²) in [4.78, 5) is 50.9. The van der Waals surface area contributed by atoms with Gasteiger partial charge in [-0.1, -0.05) is 12.1 Å². The van der Waals surface area contributed by atoms with Gasteiger partial charge in [-0.3, -0.25) is 29.1 Å². The van der Waals surface area contributed by atoms with E-state index < -0.39 is 29.8 Å². The van der Waals surface area contributed by atoms with Gasteiger partial charge in [0.2, 0.25) is 0 Å². The predicted octanol–water partition coefficient (Wildman–Crippen LogP) is -0.305. The molecule has 2 aliphatic rings. The second-order valence-corrected chi connectivity index (χ2v) is 6.16. The maximum atomic E-state index is 13.0. The first-order valence-electron chi connectivity index (χ1n) is 8.21. The van der Waals surface area contributed by atoms with E-state index in [1.807, 2.05) is 0 Å². The molecule has 25 heavy (non-hydrogen) atoms. The molecule has 2 aliphatic heterocycles. The van der Waals surface area contributed by atoms with Crippen molar-refractivity contribution in [1.29, 1.82) is 0 Å². The highest BCUT2D eigenvalue weighted by Crippen LogP contribution is 2.25. The molecule has 3 N–H and O–H groups in total. The van der Waals surface area contributed by atoms with E-state index in [2.05, 4.69) is 5.43 Å². The Labute approximate surface area is 144 Å². The van der Waals surface area contributed by atoms with Crippen LogP contribution in [0.2, 0.25) is 0 Å². The van der Waals surface area contributed by atoms with Gasteiger partial charge in [0, 0.05) is 13.1 Å². The topological polar surface area (TPSA) is 113 Å². The zero-order valence-corrected chi connectivity index (χ0v) is 13.9. The smallest absolute Gasteiger partial charge is 0.262 e. The second kappa shape index (κ2) is 6.73. The molecule has 0 unspecified atom stereocenters. The third-order valence-corrected chi connectivity index (χ3v) is 4.60. The summed E-state index contributed by atoms with van der Waals surface area (Å²) in [6.07, 6.45) is 1.29. The quantitative estimate of drug-likeness (QED) is 0.725. The Balaban J connectivity index is 1.90. The number of carbonyl (C=O) groups is 4. The molecule has 132 valence electrons. The summed E-state index contributed by atoms with van der Waals surface area (Å²) in [5.74, 6) is -1.78. The van der Waals surface area contributed by atoms with E-state index in [4.69, 9.17) is 5.73 Å². The maximum Gasteiger partial charge on any atom is 0.262 e. The van der Waals surface area contributed by atoms with Crippen molar-refractivity contribution >= 4 is 23.5 Å². The number of fused-ring (bicyclic) bond motifs is 1. The van der Waals surface area contributed by atoms with Gasteiger partial charge in [-0.05, 0) is 31.9 Å². The number of Topliss-reactive ketones (excluding diaryl/α,β-unsaturated/α-hetero) is 1. The van der Waals surface area contributed by atoms with Crippen LogP contribution in [0.1, 0.15) is 40.5 Å². The summed E-state index contributed by atoms with van der Waals surface area (Å²) >= 11 is 0. The van der Waals surface area contributed by atoms with Crippen molar-refractivity contribution in [2.24, 2.45) is 5.73 Å². The number of nitrogens with one attached hydrogen (secondary N) is 1. The first-order chi connectivity index (χ1) is 12.0. The minimum atomic E-state index is -1.15. The first-order valence-corrected chi connectivity index (χ1v) is 8.21. The van der Waals surface area contributed by atoms with Crippen molar-refractivity contribution in [2.45, 2.75) is 31.8 Å². The molecule has 0 aromatic heterocycles. The number of amides is 3. The standard InChI is InChI=1S/C17H20N4O4/c1-10(22)13-7-4-8-19-21(13)17(25)14(9-18)20-15(23)11-5-2-3-6-12(11)16(20)24/h2-3,5-6,13-14,19H,4,7-9,18H2,1H3/t13-,14-/m0/s1. The summed E-state index contributed by atoms with van der Waals surface area (Å²) < 4.78 is 0. The molecule has 1 aromatic rings. The van der Waals surface area contributed by atoms with Crippen LogP contribution in [0.15, 0.2) is 24.3 Å². The Morgan fingerprint density at radius 2 is 1.84 bits per heavy atom. The minimum Gasteiger partial charge on any atom is -0.328 e. The molecule has 0 saturated carbocycles. The number of benzene rings is 1. The lowest BCUT2D eigenvalue weighted by atomic mass is 10.0. The van der Waals surface area contributed by atoms with Crippen molar-refractivity contribution < 1.29 is 19.2 Å². The minimum absolute atomic E-state index is 0.154. The Hall–Kier alpha value is -2.58. The zero-order valence-electron chi connectivity index (χ0n) is 13.9. The van der Waals surface area contributed by atoms with Gasteiger partial charge in [-0.25, -0.2) is 5.43 Å². The van der Waals surface area contributed by atoms with Crippen LogP contribution < -0.4 is 11.2 Å². The molecule has 3 rings (SSSR count). The summed E-state index contributed by atoms with van der Waals surface area (Å²) in [5.41, 5.74) is 9.15. The van der Waals surface area contributed by atoms with Gasteiger partial charge in [0.15, 0.2) is 5.78 Å². The fraction of sp³-hybridized carbons (Fsp3) is 0.412. The number of imide groups is 1. The van der Waals surface area contributed by atoms with Gasteiger partial charge in [0.1, 0.15) is 12.1 Å². The lowest BCUT2D eigenvalue weighted by molar-refractivity contribution is -0.148. The Morgan fingerprint density at radius 1 is 1.24 bits per heavy atom. The van der Waals surface area contributed by atoms with E-state index in [0.29, 0.717) is 13.0 Å². The van der Waals surface area contributed by atoms with Gasteiger partial charge >= 0.3 is 0 Å². The number of nitrogens with zero attached hydrogens (tertiary/aromatic N) is 2. The monoisotopic (exact) mass is 344 g/mol. The van der Waals surface area contributed by atoms with E-state index in [-0.39, 0.29) is 23.5 Å². The van der Waals surface area contributed by atoms with Crippen molar-refractivity contribution in [3.8, 4) is 0 Å². The summed E-state index contributed by atoms with van der Waals surface area (Å²) in [7, 11) is 0. The number of hydrazine groups is 1. The lowest BCUT2D eigenvalue weighted by Gasteiger charge is -2.38. The molecule has 0 radical (unpaired) electrons. The Morgan fingerprint density at radius 3 is 2.36 bits per heavy atom. The molecule has 2 heterocycles.